The van der Waals surface area contributed by atoms with E-state index in [1.54, 1.807) is 17.2 Å². The molecule has 0 aliphatic carbocycles. The van der Waals surface area contributed by atoms with Crippen molar-refractivity contribution < 1.29 is 40.8 Å². The third-order valence-corrected chi connectivity index (χ3v) is 15.1. The number of anilines is 2. The van der Waals surface area contributed by atoms with Gasteiger partial charge >= 0.3 is 0 Å². The Bertz CT molecular complexity index is 2880. The average Bonchev–Trinajstić information content (AvgIpc) is 4.01. The molecule has 344 valence electrons. The molecule has 3 amide bonds. The Morgan fingerprint density at radius 1 is 0.833 bits per heavy atom. The number of ketones is 1. The van der Waals surface area contributed by atoms with Gasteiger partial charge in [0.15, 0.2) is 0 Å². The number of piperidine rings is 2. The number of carbonyl (C=O) groups excluding carboxylic acids is 4. The zero-order valence-corrected chi connectivity index (χ0v) is 36.7. The van der Waals surface area contributed by atoms with E-state index in [0.717, 1.165) is 93.3 Å². The van der Waals surface area contributed by atoms with Crippen molar-refractivity contribution in [3.8, 4) is 11.1 Å². The number of alkyl halides is 1. The van der Waals surface area contributed by atoms with Crippen LogP contribution in [0.5, 0.6) is 0 Å². The fourth-order valence-electron chi connectivity index (χ4n) is 10.4. The molecule has 66 heavy (non-hydrogen) atoms. The normalized spacial score (nSPS) is 22.4. The molecule has 4 N–H and O–H groups in total. The van der Waals surface area contributed by atoms with Gasteiger partial charge in [0, 0.05) is 117 Å². The molecule has 0 spiro atoms. The molecular weight excluding hydrogens is 876 g/mol. The summed E-state index contributed by atoms with van der Waals surface area (Å²) in [6, 6.07) is 15.2. The summed E-state index contributed by atoms with van der Waals surface area (Å²) in [4.78, 5) is 67.3. The molecule has 19 heteroatoms. The van der Waals surface area contributed by atoms with E-state index in [-0.39, 0.29) is 36.8 Å². The molecule has 4 fully saturated rings. The van der Waals surface area contributed by atoms with Crippen LogP contribution in [-0.4, -0.2) is 121 Å². The molecule has 15 nitrogen and oxygen atoms in total. The Morgan fingerprint density at radius 2 is 1.56 bits per heavy atom. The molecule has 0 bridgehead atoms. The van der Waals surface area contributed by atoms with Gasteiger partial charge in [0.05, 0.1) is 11.6 Å². The lowest BCUT2D eigenvalue weighted by Crippen LogP contribution is -2.52. The number of H-pyrrole nitrogens is 1. The number of rotatable bonds is 10. The molecule has 5 aliphatic heterocycles. The van der Waals surface area contributed by atoms with Crippen LogP contribution in [0, 0.1) is 17.6 Å². The zero-order chi connectivity index (χ0) is 46.0. The highest BCUT2D eigenvalue weighted by atomic mass is 32.2. The van der Waals surface area contributed by atoms with Crippen LogP contribution in [0.2, 0.25) is 0 Å². The van der Waals surface area contributed by atoms with E-state index >= 15 is 8.78 Å². The second-order valence-electron chi connectivity index (χ2n) is 17.9. The van der Waals surface area contributed by atoms with Crippen LogP contribution >= 0.6 is 0 Å². The van der Waals surface area contributed by atoms with Crippen LogP contribution < -0.4 is 20.3 Å². The third-order valence-electron chi connectivity index (χ3n) is 14.0. The van der Waals surface area contributed by atoms with Crippen molar-refractivity contribution in [1.82, 2.24) is 29.4 Å². The van der Waals surface area contributed by atoms with Gasteiger partial charge in [0.25, 0.3) is 16.1 Å². The first-order valence-electron chi connectivity index (χ1n) is 22.3. The number of nitrogens with one attached hydrogen (secondary N) is 2. The number of hydrogen-bond donors (Lipinski definition) is 3. The number of aromatic amines is 1. The Balaban J connectivity index is 0.741. The van der Waals surface area contributed by atoms with Crippen molar-refractivity contribution in [2.24, 2.45) is 11.1 Å². The maximum absolute atomic E-state index is 16.0. The van der Waals surface area contributed by atoms with Crippen molar-refractivity contribution in [3.63, 3.8) is 0 Å². The smallest absolute Gasteiger partial charge is 0.277 e. The van der Waals surface area contributed by atoms with Crippen LogP contribution in [0.3, 0.4) is 0 Å². The van der Waals surface area contributed by atoms with E-state index in [4.69, 9.17) is 5.14 Å². The van der Waals surface area contributed by atoms with Gasteiger partial charge in [0.1, 0.15) is 29.5 Å². The van der Waals surface area contributed by atoms with Crippen molar-refractivity contribution in [1.29, 1.82) is 0 Å². The topological polar surface area (TPSA) is 185 Å². The molecule has 7 heterocycles. The maximum Gasteiger partial charge on any atom is 0.277 e. The van der Waals surface area contributed by atoms with Gasteiger partial charge in [-0.1, -0.05) is 18.2 Å². The minimum absolute atomic E-state index is 0.0553. The first-order chi connectivity index (χ1) is 31.7. The number of aromatic nitrogens is 2. The number of fused-ring (bicyclic) bond motifs is 2. The molecule has 10 rings (SSSR count). The molecule has 3 unspecified atom stereocenters. The van der Waals surface area contributed by atoms with Crippen molar-refractivity contribution >= 4 is 56.1 Å². The Morgan fingerprint density at radius 3 is 2.29 bits per heavy atom. The fraction of sp³-hybridized carbons (Fsp3) is 0.383. The van der Waals surface area contributed by atoms with E-state index in [0.29, 0.717) is 45.3 Å². The lowest BCUT2D eigenvalue weighted by Gasteiger charge is -2.40. The van der Waals surface area contributed by atoms with Gasteiger partial charge in [-0.05, 0) is 85.2 Å². The second kappa shape index (κ2) is 17.3. The molecule has 2 aromatic heterocycles. The van der Waals surface area contributed by atoms with Gasteiger partial charge in [-0.3, -0.25) is 29.4 Å². The maximum atomic E-state index is 16.0. The number of imide groups is 1. The summed E-state index contributed by atoms with van der Waals surface area (Å²) >= 11 is 0. The number of pyridine rings is 1. The van der Waals surface area contributed by atoms with Gasteiger partial charge < -0.3 is 19.7 Å². The van der Waals surface area contributed by atoms with Gasteiger partial charge in [0.2, 0.25) is 17.6 Å². The number of amides is 3. The van der Waals surface area contributed by atoms with Crippen LogP contribution in [0.4, 0.5) is 24.5 Å². The van der Waals surface area contributed by atoms with Crippen molar-refractivity contribution in [3.05, 3.63) is 113 Å². The van der Waals surface area contributed by atoms with Crippen molar-refractivity contribution in [2.45, 2.75) is 56.9 Å². The Hall–Kier alpha value is -6.15. The van der Waals surface area contributed by atoms with Crippen LogP contribution in [0.15, 0.2) is 73.1 Å². The average molecular weight is 924 g/mol. The number of carbonyl (C=O) groups is 4. The lowest BCUT2D eigenvalue weighted by molar-refractivity contribution is -0.136. The third kappa shape index (κ3) is 8.11. The van der Waals surface area contributed by atoms with E-state index in [1.807, 2.05) is 36.4 Å². The van der Waals surface area contributed by atoms with Gasteiger partial charge in [-0.2, -0.15) is 12.7 Å². The van der Waals surface area contributed by atoms with Crippen LogP contribution in [0.1, 0.15) is 75.6 Å². The van der Waals surface area contributed by atoms with Gasteiger partial charge in [-0.15, -0.1) is 0 Å². The summed E-state index contributed by atoms with van der Waals surface area (Å²) in [6.45, 7) is 6.53. The highest BCUT2D eigenvalue weighted by Gasteiger charge is 2.44. The number of benzene rings is 3. The SMILES string of the molecule is NS(=O)(=O)N1CCC(F)C1c1ccc(F)c(C(=O)c2c[nH]c3ncc(-c4ccc(N5CCN(CC6CCN(c7ccc8c(c7)CN(C7CCC(=O)NC7=O)C8=O)CC6)CC5)cc4)cc23)c1F. The molecule has 3 aromatic carbocycles. The van der Waals surface area contributed by atoms with E-state index < -0.39 is 62.9 Å². The van der Waals surface area contributed by atoms with E-state index in [2.05, 4.69) is 36.1 Å². The largest absolute Gasteiger partial charge is 0.372 e. The minimum atomic E-state index is -4.42. The number of nitrogens with zero attached hydrogens (tertiary/aromatic N) is 6. The fourth-order valence-corrected chi connectivity index (χ4v) is 11.3. The molecule has 4 saturated heterocycles. The molecule has 5 aliphatic rings. The van der Waals surface area contributed by atoms with Crippen LogP contribution in [-0.2, 0) is 26.3 Å². The first kappa shape index (κ1) is 43.7. The summed E-state index contributed by atoms with van der Waals surface area (Å²) in [6.07, 6.45) is 3.60. The predicted molar refractivity (Wildman–Crippen MR) is 239 cm³/mol. The molecule has 5 aromatic rings. The zero-order valence-electron chi connectivity index (χ0n) is 35.9. The molecular formula is C47H48F3N9O6S. The van der Waals surface area contributed by atoms with Crippen LogP contribution in [0.25, 0.3) is 22.2 Å². The monoisotopic (exact) mass is 923 g/mol. The number of halogens is 3. The summed E-state index contributed by atoms with van der Waals surface area (Å²) < 4.78 is 71.2. The first-order valence-corrected chi connectivity index (χ1v) is 23.8. The summed E-state index contributed by atoms with van der Waals surface area (Å²) in [7, 11) is -4.42. The number of nitrogens with two attached hydrogens (primary N) is 1. The Labute approximate surface area is 378 Å². The van der Waals surface area contributed by atoms with Crippen molar-refractivity contribution in [2.75, 3.05) is 62.2 Å². The molecule has 3 atom stereocenters. The van der Waals surface area contributed by atoms with E-state index in [1.165, 1.54) is 6.20 Å². The van der Waals surface area contributed by atoms with Gasteiger partial charge in [-0.25, -0.2) is 23.3 Å². The molecule has 0 saturated carbocycles. The number of hydrogen-bond acceptors (Lipinski definition) is 10. The standard InChI is InChI=1S/C47H48F3N9O6S/c48-37-8-7-34(43-38(49)13-16-59(43)66(51,64)65)42(50)41(37)44(61)36-24-53-45-35(36)22-29(23-52-45)28-1-3-31(4-2-28)57-19-17-55(18-20-57)25-27-11-14-56(15-12-27)32-5-6-33-30(21-32)26-58(47(33)63)39-9-10-40(60)54-46(39)62/h1-8,21-24,27,38-39,43H,9-20,25-26H2,(H,52,53)(H2,51,64,65)(H,54,60,62). The number of piperazine rings is 1. The lowest BCUT2D eigenvalue weighted by atomic mass is 9.95. The predicted octanol–water partition coefficient (Wildman–Crippen LogP) is 4.83. The highest BCUT2D eigenvalue weighted by molar-refractivity contribution is 7.86. The summed E-state index contributed by atoms with van der Waals surface area (Å²) in [5.74, 6) is -3.84. The second-order valence-corrected chi connectivity index (χ2v) is 19.4. The minimum Gasteiger partial charge on any atom is -0.372 e. The highest BCUT2D eigenvalue weighted by Crippen LogP contribution is 2.39. The Kier molecular flexibility index (Phi) is 11.4. The van der Waals surface area contributed by atoms with E-state index in [9.17, 15) is 32.0 Å². The summed E-state index contributed by atoms with van der Waals surface area (Å²) in [5, 5.41) is 7.96. The molecule has 0 radical (unpaired) electrons. The quantitative estimate of drug-likeness (QED) is 0.130. The summed E-state index contributed by atoms with van der Waals surface area (Å²) in [5.41, 5.74) is 4.02.